The first-order chi connectivity index (χ1) is 29.8. The van der Waals surface area contributed by atoms with Crippen molar-refractivity contribution in [2.24, 2.45) is 0 Å². The lowest BCUT2D eigenvalue weighted by Crippen LogP contribution is -2.52. The van der Waals surface area contributed by atoms with E-state index < -0.39 is 43.0 Å². The fraction of sp³-hybridized carbons (Fsp3) is 0.465. The van der Waals surface area contributed by atoms with Gasteiger partial charge in [0.1, 0.15) is 0 Å². The molecular formula is C43H48F12N6O3. The monoisotopic (exact) mass is 924 g/mol. The first-order valence-corrected chi connectivity index (χ1v) is 19.9. The van der Waals surface area contributed by atoms with Gasteiger partial charge in [0.15, 0.2) is 0 Å². The maximum atomic E-state index is 12.6. The van der Waals surface area contributed by atoms with Gasteiger partial charge in [0.2, 0.25) is 6.10 Å². The fourth-order valence-corrected chi connectivity index (χ4v) is 6.65. The number of alkyl halides is 12. The number of nitrogens with one attached hydrogen (secondary N) is 1. The number of nitrogens with zero attached hydrogens (tertiary/aromatic N) is 5. The van der Waals surface area contributed by atoms with Crippen molar-refractivity contribution in [2.75, 3.05) is 52.4 Å². The van der Waals surface area contributed by atoms with Gasteiger partial charge in [-0.2, -0.15) is 52.7 Å². The molecule has 4 heterocycles. The van der Waals surface area contributed by atoms with Gasteiger partial charge in [0.25, 0.3) is 6.10 Å². The highest BCUT2D eigenvalue weighted by Crippen LogP contribution is 2.36. The molecule has 0 unspecified atom stereocenters. The predicted molar refractivity (Wildman–Crippen MR) is 214 cm³/mol. The Labute approximate surface area is 362 Å². The van der Waals surface area contributed by atoms with Crippen LogP contribution in [0.1, 0.15) is 33.6 Å². The molecule has 352 valence electrons. The van der Waals surface area contributed by atoms with Crippen LogP contribution in [-0.4, -0.2) is 125 Å². The summed E-state index contributed by atoms with van der Waals surface area (Å²) in [7, 11) is 0. The highest BCUT2D eigenvalue weighted by molar-refractivity contribution is 5.68. The molecule has 6 rings (SSSR count). The number of carbonyl (C=O) groups is 1. The second kappa shape index (κ2) is 21.8. The summed E-state index contributed by atoms with van der Waals surface area (Å²) in [6.07, 6.45) is -32.7. The molecule has 0 atom stereocenters. The van der Waals surface area contributed by atoms with Crippen molar-refractivity contribution in [1.29, 1.82) is 0 Å². The summed E-state index contributed by atoms with van der Waals surface area (Å²) in [4.78, 5) is 26.7. The Morgan fingerprint density at radius 2 is 0.984 bits per heavy atom. The fourth-order valence-electron chi connectivity index (χ4n) is 6.65. The van der Waals surface area contributed by atoms with E-state index in [9.17, 15) is 57.5 Å². The number of aromatic nitrogens is 2. The Morgan fingerprint density at radius 3 is 1.33 bits per heavy atom. The molecule has 2 fully saturated rings. The average molecular weight is 925 g/mol. The zero-order valence-electron chi connectivity index (χ0n) is 35.2. The van der Waals surface area contributed by atoms with Gasteiger partial charge in [-0.3, -0.25) is 19.8 Å². The molecule has 2 saturated heterocycles. The van der Waals surface area contributed by atoms with Crippen molar-refractivity contribution in [2.45, 2.75) is 77.7 Å². The highest BCUT2D eigenvalue weighted by Gasteiger charge is 2.60. The maximum absolute atomic E-state index is 12.6. The van der Waals surface area contributed by atoms with Gasteiger partial charge >= 0.3 is 30.8 Å². The highest BCUT2D eigenvalue weighted by atomic mass is 19.4. The van der Waals surface area contributed by atoms with E-state index in [0.717, 1.165) is 77.1 Å². The number of piperazine rings is 2. The topological polar surface area (TPSA) is 94.1 Å². The van der Waals surface area contributed by atoms with Gasteiger partial charge in [-0.05, 0) is 62.1 Å². The summed E-state index contributed by atoms with van der Waals surface area (Å²) in [6.45, 7) is 14.5. The summed E-state index contributed by atoms with van der Waals surface area (Å²) in [5.41, 5.74) is 10.8. The normalized spacial score (nSPS) is 15.6. The predicted octanol–water partition coefficient (Wildman–Crippen LogP) is 9.36. The van der Waals surface area contributed by atoms with Crippen LogP contribution in [0.5, 0.6) is 0 Å². The lowest BCUT2D eigenvalue weighted by molar-refractivity contribution is -0.309. The Bertz CT molecular complexity index is 2100. The summed E-state index contributed by atoms with van der Waals surface area (Å²) in [5.74, 6) is 0. The molecule has 64 heavy (non-hydrogen) atoms. The van der Waals surface area contributed by atoms with E-state index >= 15 is 0 Å². The zero-order valence-corrected chi connectivity index (χ0v) is 35.2. The minimum Gasteiger partial charge on any atom is -0.426 e. The van der Waals surface area contributed by atoms with E-state index in [4.69, 9.17) is 10.1 Å². The molecule has 9 nitrogen and oxygen atoms in total. The summed E-state index contributed by atoms with van der Waals surface area (Å²) < 4.78 is 145. The van der Waals surface area contributed by atoms with Crippen molar-refractivity contribution in [3.8, 4) is 22.5 Å². The third-order valence-corrected chi connectivity index (χ3v) is 10.3. The number of aliphatic hydroxyl groups is 1. The Balaban J connectivity index is 0.000000245. The molecule has 2 aromatic carbocycles. The average Bonchev–Trinajstić information content (AvgIpc) is 3.21. The Kier molecular flexibility index (Phi) is 17.6. The van der Waals surface area contributed by atoms with E-state index in [2.05, 4.69) is 70.2 Å². The molecule has 4 aromatic rings. The molecule has 0 saturated carbocycles. The van der Waals surface area contributed by atoms with Crippen molar-refractivity contribution < 1.29 is 67.3 Å². The summed E-state index contributed by atoms with van der Waals surface area (Å²) >= 11 is 0. The van der Waals surface area contributed by atoms with Gasteiger partial charge in [-0.15, -0.1) is 0 Å². The SMILES string of the molecule is Cc1ccccc1-c1ccc(CN2CCN(C(=O)OC(C(F)(F)F)C(F)(F)F)CC2)c(C)n1.Cc1ccccc1-c1ccc(CN2CCNCC2)c(C)n1.OC(C(F)(F)F)C(F)(F)F. The summed E-state index contributed by atoms with van der Waals surface area (Å²) in [5, 5.41) is 10.9. The van der Waals surface area contributed by atoms with Crippen LogP contribution in [0.25, 0.3) is 22.5 Å². The van der Waals surface area contributed by atoms with Crippen LogP contribution in [0.3, 0.4) is 0 Å². The van der Waals surface area contributed by atoms with Crippen LogP contribution >= 0.6 is 0 Å². The van der Waals surface area contributed by atoms with Crippen molar-refractivity contribution in [3.05, 3.63) is 106 Å². The van der Waals surface area contributed by atoms with E-state index in [0.29, 0.717) is 6.54 Å². The number of carbonyl (C=O) groups excluding carboxylic acids is 1. The van der Waals surface area contributed by atoms with E-state index in [1.807, 2.05) is 55.1 Å². The quantitative estimate of drug-likeness (QED) is 0.177. The second-order valence-corrected chi connectivity index (χ2v) is 15.1. The molecule has 2 aliphatic heterocycles. The molecule has 1 amide bonds. The van der Waals surface area contributed by atoms with Gasteiger partial charge in [0.05, 0.1) is 11.4 Å². The van der Waals surface area contributed by atoms with Gasteiger partial charge in [-0.25, -0.2) is 4.79 Å². The summed E-state index contributed by atoms with van der Waals surface area (Å²) in [6, 6.07) is 24.6. The van der Waals surface area contributed by atoms with E-state index in [-0.39, 0.29) is 26.2 Å². The van der Waals surface area contributed by atoms with Crippen molar-refractivity contribution >= 4 is 6.09 Å². The Morgan fingerprint density at radius 1 is 0.594 bits per heavy atom. The molecule has 0 radical (unpaired) electrons. The second-order valence-electron chi connectivity index (χ2n) is 15.1. The lowest BCUT2D eigenvalue weighted by Gasteiger charge is -2.35. The van der Waals surface area contributed by atoms with E-state index in [1.165, 1.54) is 16.7 Å². The van der Waals surface area contributed by atoms with Crippen LogP contribution in [0.4, 0.5) is 57.5 Å². The van der Waals surface area contributed by atoms with Crippen LogP contribution in [0.15, 0.2) is 72.8 Å². The number of aliphatic hydroxyl groups excluding tert-OH is 1. The maximum Gasteiger partial charge on any atom is 0.434 e. The standard InChI is InChI=1S/C22H23F6N3O2.C18H23N3.C3H2F6O/c1-14-5-3-4-6-17(14)18-8-7-16(15(2)29-18)13-30-9-11-31(12-10-30)20(32)33-19(21(23,24)25)22(26,27)28;1-14-5-3-4-6-17(14)18-8-7-16(15(2)20-18)13-21-11-9-19-10-12-21;4-2(5,6)1(10)3(7,8)9/h3-8,19H,9-13H2,1-2H3;3-8,19H,9-13H2,1-2H3;1,10H. The van der Waals surface area contributed by atoms with Crippen molar-refractivity contribution in [1.82, 2.24) is 30.0 Å². The molecule has 0 bridgehead atoms. The van der Waals surface area contributed by atoms with Crippen molar-refractivity contribution in [3.63, 3.8) is 0 Å². The molecular weight excluding hydrogens is 876 g/mol. The minimum atomic E-state index is -5.73. The lowest BCUT2D eigenvalue weighted by atomic mass is 10.0. The minimum absolute atomic E-state index is 0.0466. The van der Waals surface area contributed by atoms with Crippen LogP contribution in [0, 0.1) is 27.7 Å². The number of halogens is 12. The number of pyridine rings is 2. The number of hydrogen-bond acceptors (Lipinski definition) is 8. The zero-order chi connectivity index (χ0) is 47.6. The number of rotatable bonds is 7. The van der Waals surface area contributed by atoms with Crippen LogP contribution in [-0.2, 0) is 17.8 Å². The van der Waals surface area contributed by atoms with E-state index in [1.54, 1.807) is 0 Å². The molecule has 2 N–H and O–H groups in total. The van der Waals surface area contributed by atoms with Gasteiger partial charge < -0.3 is 20.1 Å². The number of benzene rings is 2. The van der Waals surface area contributed by atoms with Gasteiger partial charge in [0, 0.05) is 88.0 Å². The smallest absolute Gasteiger partial charge is 0.426 e. The molecule has 2 aliphatic rings. The molecule has 2 aromatic heterocycles. The van der Waals surface area contributed by atoms with Crippen LogP contribution in [0.2, 0.25) is 0 Å². The number of aryl methyl sites for hydroxylation is 4. The first kappa shape index (κ1) is 51.6. The number of hydrogen-bond donors (Lipinski definition) is 2. The third kappa shape index (κ3) is 15.1. The molecule has 0 spiro atoms. The molecule has 21 heteroatoms. The number of ether oxygens (including phenoxy) is 1. The van der Waals surface area contributed by atoms with Crippen LogP contribution < -0.4 is 5.32 Å². The number of amides is 1. The molecule has 0 aliphatic carbocycles. The Hall–Kier alpha value is -4.99. The third-order valence-electron chi connectivity index (χ3n) is 10.3. The largest absolute Gasteiger partial charge is 0.434 e. The van der Waals surface area contributed by atoms with Gasteiger partial charge in [-0.1, -0.05) is 60.7 Å². The first-order valence-electron chi connectivity index (χ1n) is 19.9.